The molecule has 0 saturated carbocycles. The zero-order valence-corrected chi connectivity index (χ0v) is 15.7. The van der Waals surface area contributed by atoms with E-state index < -0.39 is 0 Å². The molecule has 1 heterocycles. The van der Waals surface area contributed by atoms with Crippen LogP contribution in [-0.2, 0) is 4.79 Å². The molecular formula is C22H18N4O3. The maximum Gasteiger partial charge on any atom is 0.254 e. The van der Waals surface area contributed by atoms with Crippen LogP contribution in [0.2, 0.25) is 0 Å². The van der Waals surface area contributed by atoms with Crippen molar-refractivity contribution in [3.63, 3.8) is 0 Å². The molecule has 0 unspecified atom stereocenters. The molecule has 7 heteroatoms. The number of likely N-dealkylation sites (N-methyl/N-ethyl adjacent to an activating group) is 1. The van der Waals surface area contributed by atoms with Crippen molar-refractivity contribution in [2.45, 2.75) is 0 Å². The van der Waals surface area contributed by atoms with Crippen LogP contribution in [0, 0.1) is 0 Å². The van der Waals surface area contributed by atoms with Crippen LogP contribution in [0.4, 0.5) is 5.69 Å². The molecule has 0 saturated heterocycles. The highest BCUT2D eigenvalue weighted by Gasteiger charge is 2.16. The Morgan fingerprint density at radius 2 is 1.76 bits per heavy atom. The van der Waals surface area contributed by atoms with Gasteiger partial charge in [-0.15, -0.1) is 10.2 Å². The summed E-state index contributed by atoms with van der Waals surface area (Å²) in [6.45, 7) is -0.0620. The van der Waals surface area contributed by atoms with Crippen LogP contribution in [0.5, 0.6) is 0 Å². The second-order valence-electron chi connectivity index (χ2n) is 6.56. The minimum Gasteiger partial charge on any atom is -0.423 e. The summed E-state index contributed by atoms with van der Waals surface area (Å²) in [5.74, 6) is -0.137. The first-order chi connectivity index (χ1) is 14.1. The highest BCUT2D eigenvalue weighted by molar-refractivity contribution is 6.04. The minimum absolute atomic E-state index is 0.0620. The average Bonchev–Trinajstić information content (AvgIpc) is 3.28. The van der Waals surface area contributed by atoms with Gasteiger partial charge < -0.3 is 14.6 Å². The number of hydrogen-bond acceptors (Lipinski definition) is 5. The van der Waals surface area contributed by atoms with E-state index >= 15 is 0 Å². The number of nitrogens with one attached hydrogen (secondary N) is 1. The first-order valence-electron chi connectivity index (χ1n) is 9.01. The molecule has 0 bridgehead atoms. The van der Waals surface area contributed by atoms with Gasteiger partial charge in [0.05, 0.1) is 6.54 Å². The molecule has 1 N–H and O–H groups in total. The second-order valence-corrected chi connectivity index (χ2v) is 6.56. The fourth-order valence-corrected chi connectivity index (χ4v) is 3.09. The van der Waals surface area contributed by atoms with E-state index in [1.807, 2.05) is 42.5 Å². The number of anilines is 1. The standard InChI is InChI=1S/C22H18N4O3/c1-26(22(28)17-11-9-16(10-12-17)21-25-23-14-29-21)13-20(27)24-19-8-4-6-15-5-2-3-7-18(15)19/h2-12,14H,13H2,1H3,(H,24,27). The molecule has 144 valence electrons. The van der Waals surface area contributed by atoms with E-state index in [-0.39, 0.29) is 18.4 Å². The topological polar surface area (TPSA) is 88.3 Å². The third-order valence-electron chi connectivity index (χ3n) is 4.53. The van der Waals surface area contributed by atoms with Crippen LogP contribution >= 0.6 is 0 Å². The van der Waals surface area contributed by atoms with Crippen molar-refractivity contribution in [3.05, 3.63) is 78.7 Å². The molecule has 0 atom stereocenters. The molecular weight excluding hydrogens is 368 g/mol. The number of carbonyl (C=O) groups is 2. The molecule has 4 aromatic rings. The molecule has 3 aromatic carbocycles. The van der Waals surface area contributed by atoms with E-state index in [9.17, 15) is 9.59 Å². The van der Waals surface area contributed by atoms with Crippen LogP contribution in [0.25, 0.3) is 22.2 Å². The Bertz CT molecular complexity index is 1150. The van der Waals surface area contributed by atoms with Gasteiger partial charge in [0.15, 0.2) is 0 Å². The lowest BCUT2D eigenvalue weighted by Gasteiger charge is -2.17. The zero-order valence-electron chi connectivity index (χ0n) is 15.7. The lowest BCUT2D eigenvalue weighted by Crippen LogP contribution is -2.34. The van der Waals surface area contributed by atoms with Crippen molar-refractivity contribution in [2.75, 3.05) is 18.9 Å². The van der Waals surface area contributed by atoms with Gasteiger partial charge in [0, 0.05) is 29.2 Å². The number of carbonyl (C=O) groups excluding carboxylic acids is 2. The quantitative estimate of drug-likeness (QED) is 0.566. The number of aromatic nitrogens is 2. The molecule has 0 fully saturated rings. The Kier molecular flexibility index (Phi) is 5.03. The summed E-state index contributed by atoms with van der Waals surface area (Å²) in [5.41, 5.74) is 1.90. The second kappa shape index (κ2) is 7.93. The monoisotopic (exact) mass is 386 g/mol. The van der Waals surface area contributed by atoms with Gasteiger partial charge >= 0.3 is 0 Å². The normalized spacial score (nSPS) is 10.7. The minimum atomic E-state index is -0.264. The van der Waals surface area contributed by atoms with Gasteiger partial charge in [-0.3, -0.25) is 9.59 Å². The Labute approximate surface area is 167 Å². The predicted molar refractivity (Wildman–Crippen MR) is 109 cm³/mol. The Morgan fingerprint density at radius 1 is 1.00 bits per heavy atom. The van der Waals surface area contributed by atoms with Gasteiger partial charge in [-0.2, -0.15) is 0 Å². The van der Waals surface area contributed by atoms with Gasteiger partial charge in [0.2, 0.25) is 18.2 Å². The molecule has 7 nitrogen and oxygen atoms in total. The van der Waals surface area contributed by atoms with E-state index in [4.69, 9.17) is 4.42 Å². The summed E-state index contributed by atoms with van der Waals surface area (Å²) < 4.78 is 5.14. The molecule has 4 rings (SSSR count). The molecule has 29 heavy (non-hydrogen) atoms. The molecule has 0 aliphatic heterocycles. The number of rotatable bonds is 5. The molecule has 1 aromatic heterocycles. The van der Waals surface area contributed by atoms with Gasteiger partial charge in [0.25, 0.3) is 5.91 Å². The van der Waals surface area contributed by atoms with Crippen LogP contribution in [0.3, 0.4) is 0 Å². The largest absolute Gasteiger partial charge is 0.423 e. The van der Waals surface area contributed by atoms with E-state index in [0.29, 0.717) is 11.5 Å². The van der Waals surface area contributed by atoms with E-state index in [1.165, 1.54) is 11.3 Å². The predicted octanol–water partition coefficient (Wildman–Crippen LogP) is 3.60. The van der Waals surface area contributed by atoms with Crippen molar-refractivity contribution in [3.8, 4) is 11.5 Å². The molecule has 2 amide bonds. The van der Waals surface area contributed by atoms with E-state index in [2.05, 4.69) is 15.5 Å². The van der Waals surface area contributed by atoms with Crippen molar-refractivity contribution >= 4 is 28.3 Å². The SMILES string of the molecule is CN(CC(=O)Nc1cccc2ccccc12)C(=O)c1ccc(-c2nnco2)cc1. The van der Waals surface area contributed by atoms with Gasteiger partial charge in [-0.05, 0) is 35.7 Å². The Hall–Kier alpha value is -4.00. The third-order valence-corrected chi connectivity index (χ3v) is 4.53. The van der Waals surface area contributed by atoms with Crippen LogP contribution in [0.1, 0.15) is 10.4 Å². The van der Waals surface area contributed by atoms with Gasteiger partial charge in [-0.25, -0.2) is 0 Å². The van der Waals surface area contributed by atoms with E-state index in [1.54, 1.807) is 31.3 Å². The third kappa shape index (κ3) is 3.98. The first-order valence-corrected chi connectivity index (χ1v) is 9.01. The summed E-state index contributed by atoms with van der Waals surface area (Å²) in [6, 6.07) is 20.3. The molecule has 0 aliphatic carbocycles. The number of benzene rings is 3. The first kappa shape index (κ1) is 18.4. The number of hydrogen-bond donors (Lipinski definition) is 1. The summed E-state index contributed by atoms with van der Waals surface area (Å²) >= 11 is 0. The van der Waals surface area contributed by atoms with Crippen LogP contribution in [-0.4, -0.2) is 40.5 Å². The zero-order chi connectivity index (χ0) is 20.2. The Morgan fingerprint density at radius 3 is 2.52 bits per heavy atom. The summed E-state index contributed by atoms with van der Waals surface area (Å²) in [6.07, 6.45) is 1.25. The molecule has 0 spiro atoms. The average molecular weight is 386 g/mol. The van der Waals surface area contributed by atoms with Crippen LogP contribution < -0.4 is 5.32 Å². The lowest BCUT2D eigenvalue weighted by atomic mass is 10.1. The van der Waals surface area contributed by atoms with Crippen molar-refractivity contribution in [1.82, 2.24) is 15.1 Å². The van der Waals surface area contributed by atoms with Gasteiger partial charge in [0.1, 0.15) is 0 Å². The summed E-state index contributed by atoms with van der Waals surface area (Å²) in [5, 5.41) is 12.3. The fourth-order valence-electron chi connectivity index (χ4n) is 3.09. The van der Waals surface area contributed by atoms with E-state index in [0.717, 1.165) is 22.0 Å². The number of amides is 2. The fraction of sp³-hybridized carbons (Fsp3) is 0.0909. The Balaban J connectivity index is 1.42. The maximum absolute atomic E-state index is 12.6. The van der Waals surface area contributed by atoms with Crippen molar-refractivity contribution in [1.29, 1.82) is 0 Å². The molecule has 0 radical (unpaired) electrons. The molecule has 0 aliphatic rings. The highest BCUT2D eigenvalue weighted by atomic mass is 16.4. The van der Waals surface area contributed by atoms with Gasteiger partial charge in [-0.1, -0.05) is 36.4 Å². The maximum atomic E-state index is 12.6. The number of nitrogens with zero attached hydrogens (tertiary/aromatic N) is 3. The smallest absolute Gasteiger partial charge is 0.254 e. The van der Waals surface area contributed by atoms with Crippen molar-refractivity contribution < 1.29 is 14.0 Å². The lowest BCUT2D eigenvalue weighted by molar-refractivity contribution is -0.116. The van der Waals surface area contributed by atoms with Crippen LogP contribution in [0.15, 0.2) is 77.5 Å². The number of fused-ring (bicyclic) bond motifs is 1. The summed E-state index contributed by atoms with van der Waals surface area (Å²) in [7, 11) is 1.59. The van der Waals surface area contributed by atoms with Crippen molar-refractivity contribution in [2.24, 2.45) is 0 Å². The highest BCUT2D eigenvalue weighted by Crippen LogP contribution is 2.23. The summed E-state index contributed by atoms with van der Waals surface area (Å²) in [4.78, 5) is 26.5.